The van der Waals surface area contributed by atoms with Crippen molar-refractivity contribution in [3.8, 4) is 0 Å². The summed E-state index contributed by atoms with van der Waals surface area (Å²) in [5, 5.41) is 12.8. The van der Waals surface area contributed by atoms with Gasteiger partial charge in [-0.15, -0.1) is 0 Å². The van der Waals surface area contributed by atoms with Crippen LogP contribution in [0.5, 0.6) is 0 Å². The summed E-state index contributed by atoms with van der Waals surface area (Å²) in [6.45, 7) is 1.01. The molecule has 0 saturated carbocycles. The molecule has 10 nitrogen and oxygen atoms in total. The fourth-order valence-corrected chi connectivity index (χ4v) is 10.0. The third-order valence-corrected chi connectivity index (χ3v) is 12.2. The number of fused-ring (bicyclic) bond motifs is 11. The molecule has 50 heavy (non-hydrogen) atoms. The minimum absolute atomic E-state index is 0.136. The number of piperazine rings is 2. The van der Waals surface area contributed by atoms with Crippen molar-refractivity contribution in [3.05, 3.63) is 95.6 Å². The zero-order chi connectivity index (χ0) is 34.7. The van der Waals surface area contributed by atoms with Crippen LogP contribution in [0.3, 0.4) is 0 Å². The van der Waals surface area contributed by atoms with Gasteiger partial charge in [0.25, 0.3) is 0 Å². The van der Waals surface area contributed by atoms with Crippen LogP contribution in [0, 0.1) is 5.92 Å². The Balaban J connectivity index is 1.19. The van der Waals surface area contributed by atoms with Crippen LogP contribution in [0.25, 0.3) is 0 Å². The van der Waals surface area contributed by atoms with E-state index >= 15 is 0 Å². The third-order valence-electron chi connectivity index (χ3n) is 12.2. The average molecular weight is 685 g/mol. The second-order valence-electron chi connectivity index (χ2n) is 14.5. The molecule has 4 amide bonds. The summed E-state index contributed by atoms with van der Waals surface area (Å²) in [6.07, 6.45) is -6.05. The number of alkyl halides is 3. The molecule has 6 aliphatic heterocycles. The number of nitrogens with zero attached hydrogens (tertiary/aromatic N) is 2. The van der Waals surface area contributed by atoms with Crippen molar-refractivity contribution in [1.29, 1.82) is 0 Å². The largest absolute Gasteiger partial charge is 0.391 e. The molecule has 9 rings (SSSR count). The molecule has 0 bridgehead atoms. The van der Waals surface area contributed by atoms with Gasteiger partial charge in [-0.25, -0.2) is 0 Å². The first-order valence-electron chi connectivity index (χ1n) is 17.0. The summed E-state index contributed by atoms with van der Waals surface area (Å²) in [5.74, 6) is -3.43. The molecule has 1 unspecified atom stereocenters. The van der Waals surface area contributed by atoms with Gasteiger partial charge in [-0.05, 0) is 48.1 Å². The van der Waals surface area contributed by atoms with Crippen molar-refractivity contribution in [2.24, 2.45) is 5.92 Å². The van der Waals surface area contributed by atoms with E-state index in [1.54, 1.807) is 4.90 Å². The molecule has 4 fully saturated rings. The Kier molecular flexibility index (Phi) is 6.48. The van der Waals surface area contributed by atoms with Gasteiger partial charge in [0.2, 0.25) is 23.6 Å². The van der Waals surface area contributed by atoms with Crippen molar-refractivity contribution < 1.29 is 32.3 Å². The lowest BCUT2D eigenvalue weighted by Gasteiger charge is -2.48. The van der Waals surface area contributed by atoms with Crippen LogP contribution in [0.2, 0.25) is 0 Å². The molecule has 0 radical (unpaired) electrons. The molecular weight excluding hydrogens is 649 g/mol. The molecule has 0 aromatic heterocycles. The highest BCUT2D eigenvalue weighted by Gasteiger charge is 2.78. The Morgan fingerprint density at radius 2 is 1.14 bits per heavy atom. The van der Waals surface area contributed by atoms with Crippen molar-refractivity contribution in [2.45, 2.75) is 86.1 Å². The summed E-state index contributed by atoms with van der Waals surface area (Å²) in [4.78, 5) is 60.0. The van der Waals surface area contributed by atoms with E-state index in [1.807, 2.05) is 78.9 Å². The zero-order valence-corrected chi connectivity index (χ0v) is 27.0. The summed E-state index contributed by atoms with van der Waals surface area (Å²) in [6, 6.07) is 20.8. The highest BCUT2D eigenvalue weighted by atomic mass is 19.4. The summed E-state index contributed by atoms with van der Waals surface area (Å²) in [5.41, 5.74) is 2.01. The predicted molar refractivity (Wildman–Crippen MR) is 175 cm³/mol. The smallest absolute Gasteiger partial charge is 0.364 e. The van der Waals surface area contributed by atoms with Crippen LogP contribution in [-0.2, 0) is 36.4 Å². The number of amides is 4. The molecule has 3 aromatic rings. The van der Waals surface area contributed by atoms with E-state index in [9.17, 15) is 32.3 Å². The standard InChI is InChI=1S/C37H35F3N6O4/c1-19(37(38,39)40)15-25-31(49)45-27(29(47)41-25)17-35(21-11-5-7-13-23(21)43-33(35)45)36-18-28-30(48)42-26(16-20-9-3-2-4-10-20)32(50)46(28)34(36)44-24-14-8-6-12-22(24)36/h2-14,19,25-28,33-34,43-44H,15-18H2,1H3,(H,41,47)(H,42,48)/t19?,25-,26-,27-,28-,33+,34+,35-,36-/m0/s1. The van der Waals surface area contributed by atoms with E-state index in [2.05, 4.69) is 21.3 Å². The second-order valence-corrected chi connectivity index (χ2v) is 14.5. The van der Waals surface area contributed by atoms with Crippen molar-refractivity contribution in [3.63, 3.8) is 0 Å². The molecule has 6 aliphatic rings. The first-order chi connectivity index (χ1) is 24.0. The number of hydrogen-bond donors (Lipinski definition) is 4. The van der Waals surface area contributed by atoms with Gasteiger partial charge in [-0.1, -0.05) is 73.7 Å². The molecular formula is C37H35F3N6O4. The Hall–Kier alpha value is -5.07. The Morgan fingerprint density at radius 1 is 0.680 bits per heavy atom. The normalized spacial score (nSPS) is 34.0. The molecule has 0 aliphatic carbocycles. The summed E-state index contributed by atoms with van der Waals surface area (Å²) < 4.78 is 41.0. The molecule has 3 aromatic carbocycles. The number of anilines is 2. The van der Waals surface area contributed by atoms with Gasteiger partial charge in [0, 0.05) is 17.8 Å². The fourth-order valence-electron chi connectivity index (χ4n) is 10.0. The lowest BCUT2D eigenvalue weighted by molar-refractivity contribution is -0.176. The number of halogens is 3. The Labute approximate surface area is 285 Å². The van der Waals surface area contributed by atoms with Crippen LogP contribution in [0.15, 0.2) is 78.9 Å². The topological polar surface area (TPSA) is 123 Å². The molecule has 258 valence electrons. The first-order valence-corrected chi connectivity index (χ1v) is 17.0. The lowest BCUT2D eigenvalue weighted by Crippen LogP contribution is -2.67. The molecule has 4 saturated heterocycles. The molecule has 6 heterocycles. The van der Waals surface area contributed by atoms with Gasteiger partial charge in [-0.3, -0.25) is 19.2 Å². The fraction of sp³-hybridized carbons (Fsp3) is 0.405. The van der Waals surface area contributed by atoms with Crippen LogP contribution in [0.4, 0.5) is 24.5 Å². The zero-order valence-electron chi connectivity index (χ0n) is 27.0. The van der Waals surface area contributed by atoms with Gasteiger partial charge in [0.1, 0.15) is 36.5 Å². The molecule has 4 N–H and O–H groups in total. The van der Waals surface area contributed by atoms with Gasteiger partial charge in [0.15, 0.2) is 0 Å². The number of benzene rings is 3. The first kappa shape index (κ1) is 30.9. The van der Waals surface area contributed by atoms with E-state index < -0.39 is 77.7 Å². The Bertz CT molecular complexity index is 1960. The van der Waals surface area contributed by atoms with E-state index in [4.69, 9.17) is 0 Å². The highest BCUT2D eigenvalue weighted by molar-refractivity contribution is 6.01. The maximum absolute atomic E-state index is 14.6. The quantitative estimate of drug-likeness (QED) is 0.327. The van der Waals surface area contributed by atoms with Crippen LogP contribution >= 0.6 is 0 Å². The summed E-state index contributed by atoms with van der Waals surface area (Å²) >= 11 is 0. The third kappa shape index (κ3) is 3.97. The van der Waals surface area contributed by atoms with Gasteiger partial charge in [0.05, 0.1) is 16.7 Å². The van der Waals surface area contributed by atoms with Crippen LogP contribution < -0.4 is 21.3 Å². The minimum Gasteiger partial charge on any atom is -0.364 e. The number of hydrogen-bond acceptors (Lipinski definition) is 6. The van der Waals surface area contributed by atoms with E-state index in [0.29, 0.717) is 6.42 Å². The SMILES string of the molecule is CC(C[C@@H]1NC(=O)[C@@H]2C[C@]3([C@]45C[C@H]6C(=O)N[C@@H](Cc7ccccc7)C(=O)N6[C@H]4Nc4ccccc45)c4ccccc4N[C@@H]3N2C1=O)C(F)(F)F. The molecule has 9 atom stereocenters. The lowest BCUT2D eigenvalue weighted by atomic mass is 9.54. The van der Waals surface area contributed by atoms with Crippen molar-refractivity contribution in [1.82, 2.24) is 20.4 Å². The van der Waals surface area contributed by atoms with Gasteiger partial charge >= 0.3 is 6.18 Å². The molecule has 13 heteroatoms. The maximum atomic E-state index is 14.6. The van der Waals surface area contributed by atoms with Gasteiger partial charge in [-0.2, -0.15) is 13.2 Å². The van der Waals surface area contributed by atoms with E-state index in [0.717, 1.165) is 35.0 Å². The second kappa shape index (κ2) is 10.5. The van der Waals surface area contributed by atoms with E-state index in [1.165, 1.54) is 4.90 Å². The Morgan fingerprint density at radius 3 is 1.66 bits per heavy atom. The van der Waals surface area contributed by atoms with Crippen LogP contribution in [0.1, 0.15) is 42.9 Å². The van der Waals surface area contributed by atoms with Crippen molar-refractivity contribution >= 4 is 35.0 Å². The number of rotatable bonds is 5. The molecule has 0 spiro atoms. The number of nitrogens with one attached hydrogen (secondary N) is 4. The number of carbonyl (C=O) groups is 4. The average Bonchev–Trinajstić information content (AvgIpc) is 3.80. The maximum Gasteiger partial charge on any atom is 0.391 e. The van der Waals surface area contributed by atoms with Gasteiger partial charge < -0.3 is 31.1 Å². The highest BCUT2D eigenvalue weighted by Crippen LogP contribution is 2.68. The number of carbonyl (C=O) groups excluding carboxylic acids is 4. The van der Waals surface area contributed by atoms with E-state index in [-0.39, 0.29) is 24.7 Å². The van der Waals surface area contributed by atoms with Crippen LogP contribution in [-0.4, -0.2) is 76.1 Å². The monoisotopic (exact) mass is 684 g/mol. The predicted octanol–water partition coefficient (Wildman–Crippen LogP) is 3.40. The summed E-state index contributed by atoms with van der Waals surface area (Å²) in [7, 11) is 0. The minimum atomic E-state index is -4.54. The van der Waals surface area contributed by atoms with Crippen molar-refractivity contribution in [2.75, 3.05) is 10.6 Å². The number of para-hydroxylation sites is 2.